The molecular formula is C15H16ClNO2. The number of rotatable bonds is 4. The first-order valence-electron chi connectivity index (χ1n) is 6.04. The van der Waals surface area contributed by atoms with E-state index < -0.39 is 0 Å². The molecule has 0 aliphatic carbocycles. The zero-order valence-electron chi connectivity index (χ0n) is 10.9. The Bertz CT molecular complexity index is 584. The van der Waals surface area contributed by atoms with Crippen LogP contribution in [0.5, 0.6) is 17.2 Å². The molecule has 2 N–H and O–H groups in total. The number of halogens is 1. The first kappa shape index (κ1) is 13.6. The van der Waals surface area contributed by atoms with Crippen molar-refractivity contribution < 1.29 is 9.47 Å². The predicted octanol–water partition coefficient (Wildman–Crippen LogP) is 4.29. The lowest BCUT2D eigenvalue weighted by Gasteiger charge is -2.12. The van der Waals surface area contributed by atoms with E-state index in [0.717, 1.165) is 17.0 Å². The smallest absolute Gasteiger partial charge is 0.154 e. The molecule has 0 heterocycles. The first-order valence-corrected chi connectivity index (χ1v) is 6.42. The third-order valence-corrected chi connectivity index (χ3v) is 3.24. The Morgan fingerprint density at radius 1 is 1.16 bits per heavy atom. The van der Waals surface area contributed by atoms with Crippen molar-refractivity contribution in [2.24, 2.45) is 0 Å². The van der Waals surface area contributed by atoms with Gasteiger partial charge >= 0.3 is 0 Å². The monoisotopic (exact) mass is 277 g/mol. The largest absolute Gasteiger partial charge is 0.494 e. The Labute approximate surface area is 117 Å². The molecule has 0 bridgehead atoms. The predicted molar refractivity (Wildman–Crippen MR) is 78.3 cm³/mol. The summed E-state index contributed by atoms with van der Waals surface area (Å²) in [5.74, 6) is 1.88. The maximum atomic E-state index is 6.08. The second-order valence-corrected chi connectivity index (χ2v) is 4.49. The number of nitrogens with two attached hydrogens (primary N) is 1. The van der Waals surface area contributed by atoms with Crippen molar-refractivity contribution in [3.63, 3.8) is 0 Å². The fraction of sp³-hybridized carbons (Fsp3) is 0.200. The van der Waals surface area contributed by atoms with E-state index >= 15 is 0 Å². The van der Waals surface area contributed by atoms with Crippen LogP contribution < -0.4 is 15.2 Å². The van der Waals surface area contributed by atoms with Gasteiger partial charge in [-0.2, -0.15) is 0 Å². The van der Waals surface area contributed by atoms with Gasteiger partial charge in [-0.25, -0.2) is 0 Å². The van der Waals surface area contributed by atoms with Gasteiger partial charge in [0, 0.05) is 5.02 Å². The van der Waals surface area contributed by atoms with Crippen LogP contribution in [0.3, 0.4) is 0 Å². The minimum absolute atomic E-state index is 0.484. The molecular weight excluding hydrogens is 262 g/mol. The van der Waals surface area contributed by atoms with Crippen molar-refractivity contribution in [3.8, 4) is 17.2 Å². The van der Waals surface area contributed by atoms with Crippen LogP contribution in [0.1, 0.15) is 12.5 Å². The minimum atomic E-state index is 0.484. The summed E-state index contributed by atoms with van der Waals surface area (Å²) in [5, 5.41) is 0.744. The van der Waals surface area contributed by atoms with E-state index in [-0.39, 0.29) is 0 Å². The Balaban J connectivity index is 2.31. The Kier molecular flexibility index (Phi) is 4.17. The van der Waals surface area contributed by atoms with E-state index in [0.29, 0.717) is 22.9 Å². The summed E-state index contributed by atoms with van der Waals surface area (Å²) in [6.07, 6.45) is 0.851. The van der Waals surface area contributed by atoms with Crippen LogP contribution in [-0.2, 0) is 6.42 Å². The molecule has 2 aromatic rings. The maximum absolute atomic E-state index is 6.08. The lowest BCUT2D eigenvalue weighted by Crippen LogP contribution is -1.96. The summed E-state index contributed by atoms with van der Waals surface area (Å²) < 4.78 is 10.9. The SMILES string of the molecule is CCc1cc(Oc2cccc(OC)c2N)ccc1Cl. The molecule has 0 aromatic heterocycles. The molecule has 0 atom stereocenters. The van der Waals surface area contributed by atoms with E-state index in [1.54, 1.807) is 19.2 Å². The van der Waals surface area contributed by atoms with Crippen molar-refractivity contribution in [1.29, 1.82) is 0 Å². The van der Waals surface area contributed by atoms with Gasteiger partial charge in [0.05, 0.1) is 7.11 Å². The molecule has 0 aliphatic rings. The zero-order chi connectivity index (χ0) is 13.8. The standard InChI is InChI=1S/C15H16ClNO2/c1-3-10-9-11(7-8-12(10)16)19-14-6-4-5-13(18-2)15(14)17/h4-9H,3,17H2,1-2H3. The molecule has 0 saturated heterocycles. The van der Waals surface area contributed by atoms with Gasteiger partial charge in [-0.3, -0.25) is 0 Å². The number of hydrogen-bond acceptors (Lipinski definition) is 3. The summed E-state index contributed by atoms with van der Waals surface area (Å²) in [4.78, 5) is 0. The molecule has 2 aromatic carbocycles. The molecule has 0 aliphatic heterocycles. The van der Waals surface area contributed by atoms with Crippen molar-refractivity contribution in [2.75, 3.05) is 12.8 Å². The highest BCUT2D eigenvalue weighted by atomic mass is 35.5. The number of anilines is 1. The van der Waals surface area contributed by atoms with Gasteiger partial charge in [-0.15, -0.1) is 0 Å². The number of ether oxygens (including phenoxy) is 2. The second kappa shape index (κ2) is 5.85. The van der Waals surface area contributed by atoms with E-state index in [2.05, 4.69) is 0 Å². The molecule has 4 heteroatoms. The third-order valence-electron chi connectivity index (χ3n) is 2.87. The zero-order valence-corrected chi connectivity index (χ0v) is 11.7. The maximum Gasteiger partial charge on any atom is 0.154 e. The number of nitrogen functional groups attached to an aromatic ring is 1. The van der Waals surface area contributed by atoms with Crippen molar-refractivity contribution >= 4 is 17.3 Å². The summed E-state index contributed by atoms with van der Waals surface area (Å²) in [6.45, 7) is 2.05. The van der Waals surface area contributed by atoms with Gasteiger partial charge in [0.2, 0.25) is 0 Å². The molecule has 0 radical (unpaired) electrons. The minimum Gasteiger partial charge on any atom is -0.494 e. The highest BCUT2D eigenvalue weighted by Gasteiger charge is 2.08. The van der Waals surface area contributed by atoms with Gasteiger partial charge in [0.1, 0.15) is 17.2 Å². The Morgan fingerprint density at radius 3 is 2.58 bits per heavy atom. The third kappa shape index (κ3) is 2.93. The first-order chi connectivity index (χ1) is 9.15. The second-order valence-electron chi connectivity index (χ2n) is 4.08. The average Bonchev–Trinajstić information content (AvgIpc) is 2.43. The Morgan fingerprint density at radius 2 is 1.89 bits per heavy atom. The molecule has 19 heavy (non-hydrogen) atoms. The summed E-state index contributed by atoms with van der Waals surface area (Å²) in [7, 11) is 1.58. The van der Waals surface area contributed by atoms with E-state index in [9.17, 15) is 0 Å². The Hall–Kier alpha value is -1.87. The van der Waals surface area contributed by atoms with Gasteiger partial charge in [0.25, 0.3) is 0 Å². The number of benzene rings is 2. The van der Waals surface area contributed by atoms with Gasteiger partial charge in [-0.05, 0) is 42.3 Å². The van der Waals surface area contributed by atoms with E-state index in [1.165, 1.54) is 0 Å². The summed E-state index contributed by atoms with van der Waals surface area (Å²) >= 11 is 6.08. The van der Waals surface area contributed by atoms with Crippen LogP contribution in [0.15, 0.2) is 36.4 Å². The molecule has 100 valence electrons. The molecule has 3 nitrogen and oxygen atoms in total. The highest BCUT2D eigenvalue weighted by molar-refractivity contribution is 6.31. The van der Waals surface area contributed by atoms with Crippen LogP contribution in [0.25, 0.3) is 0 Å². The van der Waals surface area contributed by atoms with Crippen LogP contribution in [-0.4, -0.2) is 7.11 Å². The molecule has 0 spiro atoms. The lowest BCUT2D eigenvalue weighted by molar-refractivity contribution is 0.412. The number of hydrogen-bond donors (Lipinski definition) is 1. The summed E-state index contributed by atoms with van der Waals surface area (Å²) in [5.41, 5.74) is 7.49. The highest BCUT2D eigenvalue weighted by Crippen LogP contribution is 2.35. The topological polar surface area (TPSA) is 44.5 Å². The van der Waals surface area contributed by atoms with Crippen molar-refractivity contribution in [2.45, 2.75) is 13.3 Å². The number of aryl methyl sites for hydroxylation is 1. The number of methoxy groups -OCH3 is 1. The average molecular weight is 278 g/mol. The van der Waals surface area contributed by atoms with Crippen LogP contribution in [0, 0.1) is 0 Å². The fourth-order valence-electron chi connectivity index (χ4n) is 1.80. The fourth-order valence-corrected chi connectivity index (χ4v) is 2.05. The van der Waals surface area contributed by atoms with Crippen LogP contribution in [0.2, 0.25) is 5.02 Å². The quantitative estimate of drug-likeness (QED) is 0.848. The van der Waals surface area contributed by atoms with Crippen LogP contribution >= 0.6 is 11.6 Å². The van der Waals surface area contributed by atoms with Gasteiger partial charge < -0.3 is 15.2 Å². The van der Waals surface area contributed by atoms with E-state index in [4.69, 9.17) is 26.8 Å². The van der Waals surface area contributed by atoms with Crippen molar-refractivity contribution in [3.05, 3.63) is 47.0 Å². The molecule has 0 amide bonds. The molecule has 0 saturated carbocycles. The van der Waals surface area contributed by atoms with Gasteiger partial charge in [0.15, 0.2) is 5.75 Å². The molecule has 0 fully saturated rings. The lowest BCUT2D eigenvalue weighted by atomic mass is 10.1. The number of para-hydroxylation sites is 1. The normalized spacial score (nSPS) is 10.3. The molecule has 2 rings (SSSR count). The van der Waals surface area contributed by atoms with E-state index in [1.807, 2.05) is 31.2 Å². The van der Waals surface area contributed by atoms with Crippen LogP contribution in [0.4, 0.5) is 5.69 Å². The van der Waals surface area contributed by atoms with Crippen molar-refractivity contribution in [1.82, 2.24) is 0 Å². The molecule has 0 unspecified atom stereocenters. The summed E-state index contributed by atoms with van der Waals surface area (Å²) in [6, 6.07) is 11.0. The van der Waals surface area contributed by atoms with Gasteiger partial charge in [-0.1, -0.05) is 24.6 Å².